The fourth-order valence-electron chi connectivity index (χ4n) is 4.79. The van der Waals surface area contributed by atoms with E-state index in [1.165, 1.54) is 0 Å². The zero-order chi connectivity index (χ0) is 12.9. The van der Waals surface area contributed by atoms with Gasteiger partial charge in [-0.1, -0.05) is 6.92 Å². The topological polar surface area (TPSA) is 60.2 Å². The second-order valence-electron chi connectivity index (χ2n) is 6.74. The molecule has 3 nitrogen and oxygen atoms in total. The number of rotatable bonds is 0. The quantitative estimate of drug-likeness (QED) is 0.713. The maximum atomic E-state index is 12.4. The zero-order valence-corrected chi connectivity index (χ0v) is 11.1. The van der Waals surface area contributed by atoms with Crippen LogP contribution in [0, 0.1) is 29.6 Å². The number of carbonyl (C=O) groups is 2. The van der Waals surface area contributed by atoms with Crippen LogP contribution < -0.4 is 5.73 Å². The number of carbonyl (C=O) groups excluding carboxylic acids is 2. The van der Waals surface area contributed by atoms with Gasteiger partial charge in [0.15, 0.2) is 0 Å². The number of Topliss-reactive ketones (excluding diaryl/α,β-unsaturated/α-hetero) is 2. The summed E-state index contributed by atoms with van der Waals surface area (Å²) in [6.45, 7) is 2.15. The Balaban J connectivity index is 1.92. The Morgan fingerprint density at radius 2 is 1.89 bits per heavy atom. The van der Waals surface area contributed by atoms with E-state index in [1.54, 1.807) is 0 Å². The summed E-state index contributed by atoms with van der Waals surface area (Å²) in [7, 11) is 0. The summed E-state index contributed by atoms with van der Waals surface area (Å²) in [5, 5.41) is 0. The maximum Gasteiger partial charge on any atom is 0.137 e. The first-order valence-corrected chi connectivity index (χ1v) is 7.39. The first kappa shape index (κ1) is 12.3. The highest BCUT2D eigenvalue weighted by molar-refractivity contribution is 5.91. The van der Waals surface area contributed by atoms with Gasteiger partial charge >= 0.3 is 0 Å². The standard InChI is InChI=1S/C15H23NO2/c1-8-5-9-7-11(16)10-3-2-4-12(17)15(10)14(9)13(18)6-8/h8-11,14-15H,2-7,16H2,1H3/t8-,9-,10-,11+,14-,15-/m1/s1. The summed E-state index contributed by atoms with van der Waals surface area (Å²) in [5.74, 6) is 1.77. The molecule has 3 aliphatic rings. The number of fused-ring (bicyclic) bond motifs is 3. The number of hydrogen-bond acceptors (Lipinski definition) is 3. The van der Waals surface area contributed by atoms with E-state index >= 15 is 0 Å². The molecule has 3 saturated carbocycles. The second-order valence-corrected chi connectivity index (χ2v) is 6.74. The second kappa shape index (κ2) is 4.44. The van der Waals surface area contributed by atoms with Crippen LogP contribution in [0.1, 0.15) is 45.4 Å². The number of ketones is 2. The zero-order valence-electron chi connectivity index (χ0n) is 11.1. The lowest BCUT2D eigenvalue weighted by Gasteiger charge is -2.49. The van der Waals surface area contributed by atoms with Gasteiger partial charge < -0.3 is 5.73 Å². The SMILES string of the molecule is C[C@H]1CC(=O)[C@H]2[C@H](C1)C[C@H](N)[C@H]1CCCC(=O)[C@@H]12. The molecule has 3 aliphatic carbocycles. The van der Waals surface area contributed by atoms with Crippen LogP contribution in [-0.4, -0.2) is 17.6 Å². The molecule has 6 atom stereocenters. The molecule has 0 spiro atoms. The van der Waals surface area contributed by atoms with Crippen molar-refractivity contribution in [3.63, 3.8) is 0 Å². The van der Waals surface area contributed by atoms with E-state index < -0.39 is 0 Å². The average Bonchev–Trinajstić information content (AvgIpc) is 2.29. The lowest BCUT2D eigenvalue weighted by molar-refractivity contribution is -0.146. The third-order valence-electron chi connectivity index (χ3n) is 5.44. The molecule has 3 rings (SSSR count). The Kier molecular flexibility index (Phi) is 3.05. The molecule has 0 aromatic heterocycles. The largest absolute Gasteiger partial charge is 0.327 e. The van der Waals surface area contributed by atoms with E-state index in [2.05, 4.69) is 6.92 Å². The summed E-state index contributed by atoms with van der Waals surface area (Å²) in [4.78, 5) is 24.6. The molecule has 3 heteroatoms. The van der Waals surface area contributed by atoms with Gasteiger partial charge in [-0.25, -0.2) is 0 Å². The third kappa shape index (κ3) is 1.83. The van der Waals surface area contributed by atoms with Gasteiger partial charge in [-0.15, -0.1) is 0 Å². The van der Waals surface area contributed by atoms with Crippen LogP contribution in [0.3, 0.4) is 0 Å². The molecule has 0 bridgehead atoms. The lowest BCUT2D eigenvalue weighted by Crippen LogP contribution is -2.55. The summed E-state index contributed by atoms with van der Waals surface area (Å²) in [6.07, 6.45) is 5.39. The van der Waals surface area contributed by atoms with Crippen molar-refractivity contribution < 1.29 is 9.59 Å². The Morgan fingerprint density at radius 1 is 1.11 bits per heavy atom. The minimum atomic E-state index is -0.0347. The molecule has 100 valence electrons. The van der Waals surface area contributed by atoms with Gasteiger partial charge in [0.2, 0.25) is 0 Å². The van der Waals surface area contributed by atoms with Crippen molar-refractivity contribution in [1.29, 1.82) is 0 Å². The molecule has 2 N–H and O–H groups in total. The highest BCUT2D eigenvalue weighted by Gasteiger charge is 2.52. The Hall–Kier alpha value is -0.700. The monoisotopic (exact) mass is 249 g/mol. The molecule has 0 heterocycles. The predicted molar refractivity (Wildman–Crippen MR) is 68.8 cm³/mol. The van der Waals surface area contributed by atoms with Crippen LogP contribution in [-0.2, 0) is 9.59 Å². The molecule has 0 amide bonds. The van der Waals surface area contributed by atoms with E-state index in [4.69, 9.17) is 5.73 Å². The number of hydrogen-bond donors (Lipinski definition) is 1. The Morgan fingerprint density at radius 3 is 2.67 bits per heavy atom. The van der Waals surface area contributed by atoms with Crippen LogP contribution >= 0.6 is 0 Å². The van der Waals surface area contributed by atoms with Gasteiger partial charge in [0, 0.05) is 30.7 Å². The van der Waals surface area contributed by atoms with Crippen LogP contribution in [0.4, 0.5) is 0 Å². The van der Waals surface area contributed by atoms with Crippen molar-refractivity contribution in [3.05, 3.63) is 0 Å². The van der Waals surface area contributed by atoms with Crippen molar-refractivity contribution in [2.45, 2.75) is 51.5 Å². The molecule has 18 heavy (non-hydrogen) atoms. The normalized spacial score (nSPS) is 48.6. The first-order valence-electron chi connectivity index (χ1n) is 7.39. The lowest BCUT2D eigenvalue weighted by atomic mass is 9.54. The highest BCUT2D eigenvalue weighted by atomic mass is 16.1. The molecule has 0 aromatic rings. The maximum absolute atomic E-state index is 12.4. The van der Waals surface area contributed by atoms with E-state index in [-0.39, 0.29) is 23.8 Å². The van der Waals surface area contributed by atoms with Crippen molar-refractivity contribution in [2.75, 3.05) is 0 Å². The molecule has 0 unspecified atom stereocenters. The van der Waals surface area contributed by atoms with Gasteiger partial charge in [0.05, 0.1) is 0 Å². The summed E-state index contributed by atoms with van der Waals surface area (Å²) in [5.41, 5.74) is 6.29. The highest BCUT2D eigenvalue weighted by Crippen LogP contribution is 2.49. The first-order chi connectivity index (χ1) is 8.58. The van der Waals surface area contributed by atoms with Gasteiger partial charge in [-0.05, 0) is 43.4 Å². The van der Waals surface area contributed by atoms with E-state index in [0.29, 0.717) is 36.2 Å². The Bertz CT molecular complexity index is 379. The van der Waals surface area contributed by atoms with E-state index in [0.717, 1.165) is 25.7 Å². The van der Waals surface area contributed by atoms with E-state index in [9.17, 15) is 9.59 Å². The Labute approximate surface area is 108 Å². The molecular formula is C15H23NO2. The summed E-state index contributed by atoms with van der Waals surface area (Å²) < 4.78 is 0. The van der Waals surface area contributed by atoms with E-state index in [1.807, 2.05) is 0 Å². The predicted octanol–water partition coefficient (Wildman–Crippen LogP) is 1.93. The molecule has 0 aliphatic heterocycles. The van der Waals surface area contributed by atoms with Crippen molar-refractivity contribution >= 4 is 11.6 Å². The average molecular weight is 249 g/mol. The minimum Gasteiger partial charge on any atom is -0.327 e. The van der Waals surface area contributed by atoms with Gasteiger partial charge in [-0.2, -0.15) is 0 Å². The molecule has 0 radical (unpaired) electrons. The van der Waals surface area contributed by atoms with Gasteiger partial charge in [0.1, 0.15) is 11.6 Å². The van der Waals surface area contributed by atoms with Crippen LogP contribution in [0.15, 0.2) is 0 Å². The fourth-order valence-corrected chi connectivity index (χ4v) is 4.79. The third-order valence-corrected chi connectivity index (χ3v) is 5.44. The molecule has 3 fully saturated rings. The van der Waals surface area contributed by atoms with Crippen molar-refractivity contribution in [3.8, 4) is 0 Å². The summed E-state index contributed by atoms with van der Waals surface area (Å²) >= 11 is 0. The minimum absolute atomic E-state index is 0.0128. The van der Waals surface area contributed by atoms with Crippen LogP contribution in [0.5, 0.6) is 0 Å². The van der Waals surface area contributed by atoms with Gasteiger partial charge in [0.25, 0.3) is 0 Å². The van der Waals surface area contributed by atoms with Gasteiger partial charge in [-0.3, -0.25) is 9.59 Å². The smallest absolute Gasteiger partial charge is 0.137 e. The number of nitrogens with two attached hydrogens (primary N) is 1. The molecule has 0 saturated heterocycles. The van der Waals surface area contributed by atoms with Crippen LogP contribution in [0.2, 0.25) is 0 Å². The van der Waals surface area contributed by atoms with Crippen molar-refractivity contribution in [1.82, 2.24) is 0 Å². The summed E-state index contributed by atoms with van der Waals surface area (Å²) in [6, 6.07) is 0.138. The molecular weight excluding hydrogens is 226 g/mol. The fraction of sp³-hybridized carbons (Fsp3) is 0.867. The molecule has 0 aromatic carbocycles. The van der Waals surface area contributed by atoms with Crippen LogP contribution in [0.25, 0.3) is 0 Å². The van der Waals surface area contributed by atoms with Crippen molar-refractivity contribution in [2.24, 2.45) is 35.3 Å².